The summed E-state index contributed by atoms with van der Waals surface area (Å²) in [7, 11) is 0. The molecule has 0 spiro atoms. The van der Waals surface area contributed by atoms with Crippen molar-refractivity contribution >= 4 is 11.0 Å². The molecule has 0 bridgehead atoms. The third-order valence-electron chi connectivity index (χ3n) is 11.8. The monoisotopic (exact) mass is 787 g/mol. The van der Waals surface area contributed by atoms with E-state index in [0.29, 0.717) is 11.4 Å². The molecule has 0 aliphatic carbocycles. The van der Waals surface area contributed by atoms with Crippen LogP contribution in [-0.4, -0.2) is 19.6 Å². The second-order valence-corrected chi connectivity index (χ2v) is 19.6. The lowest BCUT2D eigenvalue weighted by molar-refractivity contribution is 0.471. The van der Waals surface area contributed by atoms with Crippen LogP contribution in [0.4, 0.5) is 0 Å². The van der Waals surface area contributed by atoms with Crippen molar-refractivity contribution in [2.75, 3.05) is 0 Å². The lowest BCUT2D eigenvalue weighted by Crippen LogP contribution is -2.13. The van der Waals surface area contributed by atoms with E-state index in [1.165, 1.54) is 22.3 Å². The van der Waals surface area contributed by atoms with Crippen LogP contribution >= 0.6 is 0 Å². The van der Waals surface area contributed by atoms with E-state index in [4.69, 9.17) is 9.97 Å². The van der Waals surface area contributed by atoms with Gasteiger partial charge in [0.2, 0.25) is 0 Å². The Morgan fingerprint density at radius 3 is 1.82 bits per heavy atom. The van der Waals surface area contributed by atoms with Gasteiger partial charge in [0.25, 0.3) is 0 Å². The topological polar surface area (TPSA) is 50.9 Å². The molecule has 0 saturated heterocycles. The Hall–Kier alpha value is -6.26. The molecule has 0 atom stereocenters. The maximum absolute atomic E-state index is 12.0. The second kappa shape index (κ2) is 15.1. The van der Waals surface area contributed by atoms with E-state index in [0.717, 1.165) is 66.9 Å². The third-order valence-corrected chi connectivity index (χ3v) is 11.8. The number of phenols is 1. The fraction of sp³-hybridized carbons (Fsp3) is 0.250. The molecular weight excluding hydrogens is 731 g/mol. The number of hydrogen-bond donors (Lipinski definition) is 1. The molecule has 2 aromatic heterocycles. The van der Waals surface area contributed by atoms with Crippen molar-refractivity contribution in [2.24, 2.45) is 0 Å². The molecule has 4 heteroatoms. The van der Waals surface area contributed by atoms with Gasteiger partial charge < -0.3 is 5.11 Å². The number of aryl methyl sites for hydroxylation is 2. The lowest BCUT2D eigenvalue weighted by atomic mass is 9.83. The van der Waals surface area contributed by atoms with Crippen LogP contribution in [0.2, 0.25) is 0 Å². The lowest BCUT2D eigenvalue weighted by Gasteiger charge is -2.24. The number of para-hydroxylation sites is 1. The van der Waals surface area contributed by atoms with Gasteiger partial charge in [0.1, 0.15) is 11.6 Å². The summed E-state index contributed by atoms with van der Waals surface area (Å²) in [4.78, 5) is 10.5. The quantitative estimate of drug-likeness (QED) is 0.183. The summed E-state index contributed by atoms with van der Waals surface area (Å²) in [6, 6.07) is 48.0. The van der Waals surface area contributed by atoms with Crippen molar-refractivity contribution < 1.29 is 5.11 Å². The first-order chi connectivity index (χ1) is 28.4. The van der Waals surface area contributed by atoms with Gasteiger partial charge in [0.15, 0.2) is 0 Å². The smallest absolute Gasteiger partial charge is 0.149 e. The number of nitrogens with zero attached hydrogens (tertiary/aromatic N) is 3. The van der Waals surface area contributed by atoms with Crippen LogP contribution in [0.5, 0.6) is 5.75 Å². The zero-order chi connectivity index (χ0) is 42.7. The first-order valence-corrected chi connectivity index (χ1v) is 21.1. The number of hydrogen-bond acceptors (Lipinski definition) is 3. The average molecular weight is 788 g/mol. The standard InChI is InChI=1S/C56H57N3O/c1-35-20-22-37(23-21-35)39-26-27-57-48(32-39)41-29-40(30-44(31-41)56(9,10)11)45-18-15-19-50-51(45)58-53(47-34-43(55(6,7)8)28-36(2)52(47)60)59(50)49-25-24-42(54(3,4)5)33-46(49)38-16-13-12-14-17-38/h12-34,60H,1-11H3. The number of aromatic nitrogens is 3. The predicted molar refractivity (Wildman–Crippen MR) is 253 cm³/mol. The van der Waals surface area contributed by atoms with E-state index in [9.17, 15) is 5.11 Å². The molecule has 6 aromatic carbocycles. The van der Waals surface area contributed by atoms with Crippen LogP contribution in [0.1, 0.15) is 90.1 Å². The first kappa shape index (κ1) is 40.5. The largest absolute Gasteiger partial charge is 0.507 e. The minimum absolute atomic E-state index is 0.0597. The van der Waals surface area contributed by atoms with Gasteiger partial charge in [-0.3, -0.25) is 9.55 Å². The normalized spacial score (nSPS) is 12.3. The molecule has 8 aromatic rings. The van der Waals surface area contributed by atoms with Crippen molar-refractivity contribution in [2.45, 2.75) is 92.4 Å². The third kappa shape index (κ3) is 7.79. The van der Waals surface area contributed by atoms with Crippen LogP contribution in [0.3, 0.4) is 0 Å². The van der Waals surface area contributed by atoms with Crippen LogP contribution in [0.15, 0.2) is 140 Å². The SMILES string of the molecule is Cc1ccc(-c2ccnc(-c3cc(-c4cccc5c4nc(-c4cc(C(C)(C)C)cc(C)c4O)n5-c4ccc(C(C)(C)C)cc4-c4ccccc4)cc(C(C)(C)C)c3)c2)cc1. The van der Waals surface area contributed by atoms with E-state index in [1.807, 2.05) is 13.1 Å². The highest BCUT2D eigenvalue weighted by Crippen LogP contribution is 2.44. The highest BCUT2D eigenvalue weighted by Gasteiger charge is 2.27. The molecule has 8 rings (SSSR count). The molecule has 4 nitrogen and oxygen atoms in total. The zero-order valence-corrected chi connectivity index (χ0v) is 37.1. The molecule has 0 saturated carbocycles. The molecule has 0 amide bonds. The van der Waals surface area contributed by atoms with Crippen molar-refractivity contribution in [1.29, 1.82) is 0 Å². The molecule has 60 heavy (non-hydrogen) atoms. The minimum Gasteiger partial charge on any atom is -0.507 e. The van der Waals surface area contributed by atoms with Gasteiger partial charge in [-0.25, -0.2) is 4.98 Å². The van der Waals surface area contributed by atoms with Gasteiger partial charge in [0.05, 0.1) is 28.0 Å². The molecule has 0 aliphatic heterocycles. The number of imidazole rings is 1. The van der Waals surface area contributed by atoms with Gasteiger partial charge in [-0.1, -0.05) is 153 Å². The summed E-state index contributed by atoms with van der Waals surface area (Å²) in [6.45, 7) is 24.3. The minimum atomic E-state index is -0.145. The van der Waals surface area contributed by atoms with Gasteiger partial charge in [-0.15, -0.1) is 0 Å². The molecule has 0 unspecified atom stereocenters. The molecule has 1 N–H and O–H groups in total. The Balaban J connectivity index is 1.43. The summed E-state index contributed by atoms with van der Waals surface area (Å²) in [6.07, 6.45) is 1.91. The summed E-state index contributed by atoms with van der Waals surface area (Å²) in [5.74, 6) is 0.940. The predicted octanol–water partition coefficient (Wildman–Crippen LogP) is 15.0. The molecule has 2 heterocycles. The van der Waals surface area contributed by atoms with E-state index in [-0.39, 0.29) is 22.0 Å². The highest BCUT2D eigenvalue weighted by atomic mass is 16.3. The Bertz CT molecular complexity index is 2880. The van der Waals surface area contributed by atoms with Gasteiger partial charge in [0, 0.05) is 22.9 Å². The van der Waals surface area contributed by atoms with Crippen molar-refractivity contribution in [3.63, 3.8) is 0 Å². The molecule has 302 valence electrons. The second-order valence-electron chi connectivity index (χ2n) is 19.6. The van der Waals surface area contributed by atoms with E-state index < -0.39 is 0 Å². The van der Waals surface area contributed by atoms with Crippen LogP contribution in [0.25, 0.3) is 72.7 Å². The molecule has 0 fully saturated rings. The summed E-state index contributed by atoms with van der Waals surface area (Å²) >= 11 is 0. The van der Waals surface area contributed by atoms with Crippen LogP contribution < -0.4 is 0 Å². The van der Waals surface area contributed by atoms with E-state index in [2.05, 4.69) is 207 Å². The van der Waals surface area contributed by atoms with Gasteiger partial charge in [-0.05, 0) is 123 Å². The van der Waals surface area contributed by atoms with Gasteiger partial charge >= 0.3 is 0 Å². The van der Waals surface area contributed by atoms with E-state index >= 15 is 0 Å². The summed E-state index contributed by atoms with van der Waals surface area (Å²) in [5.41, 5.74) is 17.4. The maximum Gasteiger partial charge on any atom is 0.149 e. The van der Waals surface area contributed by atoms with Crippen LogP contribution in [0, 0.1) is 13.8 Å². The molecule has 0 aliphatic rings. The van der Waals surface area contributed by atoms with Crippen molar-refractivity contribution in [1.82, 2.24) is 14.5 Å². The Morgan fingerprint density at radius 1 is 0.483 bits per heavy atom. The van der Waals surface area contributed by atoms with Crippen LogP contribution in [-0.2, 0) is 16.2 Å². The van der Waals surface area contributed by atoms with Gasteiger partial charge in [-0.2, -0.15) is 0 Å². The zero-order valence-electron chi connectivity index (χ0n) is 37.1. The first-order valence-electron chi connectivity index (χ1n) is 21.1. The number of benzene rings is 6. The molecule has 0 radical (unpaired) electrons. The maximum atomic E-state index is 12.0. The highest BCUT2D eigenvalue weighted by molar-refractivity contribution is 5.98. The number of fused-ring (bicyclic) bond motifs is 1. The Labute approximate surface area is 356 Å². The van der Waals surface area contributed by atoms with Crippen molar-refractivity contribution in [3.05, 3.63) is 167 Å². The van der Waals surface area contributed by atoms with Crippen molar-refractivity contribution in [3.8, 4) is 67.5 Å². The number of phenolic OH excluding ortho intramolecular Hbond substituents is 1. The summed E-state index contributed by atoms with van der Waals surface area (Å²) < 4.78 is 2.27. The number of aromatic hydroxyl groups is 1. The molecular formula is C56H57N3O. The Kier molecular flexibility index (Phi) is 10.2. The number of pyridine rings is 1. The fourth-order valence-electron chi connectivity index (χ4n) is 8.06. The average Bonchev–Trinajstić information content (AvgIpc) is 3.60. The number of rotatable bonds is 6. The van der Waals surface area contributed by atoms with E-state index in [1.54, 1.807) is 0 Å². The fourth-order valence-corrected chi connectivity index (χ4v) is 8.06. The summed E-state index contributed by atoms with van der Waals surface area (Å²) in [5, 5.41) is 12.0. The Morgan fingerprint density at radius 2 is 1.13 bits per heavy atom.